The topological polar surface area (TPSA) is 34.0 Å². The molecule has 0 spiro atoms. The van der Waals surface area contributed by atoms with Crippen LogP contribution >= 0.6 is 11.8 Å². The van der Waals surface area contributed by atoms with Gasteiger partial charge in [-0.25, -0.2) is 0 Å². The standard InChI is InChI=1S/C17H24N2O2S/c1-13-16(20)19(12-11-18-9-3-4-10-18)17(22-13)14-5-7-15(21-2)8-6-14/h5-8,13,17H,3-4,9-12H2,1-2H3/p+1/t13-,17-/m1/s1. The quantitative estimate of drug-likeness (QED) is 0.888. The highest BCUT2D eigenvalue weighted by atomic mass is 32.2. The van der Waals surface area contributed by atoms with Crippen LogP contribution in [0.2, 0.25) is 0 Å². The molecular weight excluding hydrogens is 296 g/mol. The van der Waals surface area contributed by atoms with Gasteiger partial charge in [-0.15, -0.1) is 11.8 Å². The second kappa shape index (κ2) is 6.92. The molecule has 22 heavy (non-hydrogen) atoms. The number of benzene rings is 1. The van der Waals surface area contributed by atoms with Crippen molar-refractivity contribution < 1.29 is 14.4 Å². The number of hydrogen-bond acceptors (Lipinski definition) is 3. The number of likely N-dealkylation sites (tertiary alicyclic amines) is 1. The number of nitrogens with one attached hydrogen (secondary N) is 1. The molecule has 3 rings (SSSR count). The zero-order chi connectivity index (χ0) is 15.5. The summed E-state index contributed by atoms with van der Waals surface area (Å²) in [5.41, 5.74) is 1.19. The lowest BCUT2D eigenvalue weighted by molar-refractivity contribution is -0.886. The third-order valence-corrected chi connectivity index (χ3v) is 6.06. The van der Waals surface area contributed by atoms with E-state index >= 15 is 0 Å². The zero-order valence-corrected chi connectivity index (χ0v) is 14.2. The molecule has 0 unspecified atom stereocenters. The minimum Gasteiger partial charge on any atom is -0.497 e. The fraction of sp³-hybridized carbons (Fsp3) is 0.588. The highest BCUT2D eigenvalue weighted by Crippen LogP contribution is 2.42. The van der Waals surface area contributed by atoms with Gasteiger partial charge in [0, 0.05) is 12.8 Å². The van der Waals surface area contributed by atoms with Gasteiger partial charge in [-0.2, -0.15) is 0 Å². The third-order valence-electron chi connectivity index (χ3n) is 4.66. The highest BCUT2D eigenvalue weighted by Gasteiger charge is 2.38. The zero-order valence-electron chi connectivity index (χ0n) is 13.4. The summed E-state index contributed by atoms with van der Waals surface area (Å²) >= 11 is 1.76. The minimum absolute atomic E-state index is 0.0562. The lowest BCUT2D eigenvalue weighted by Gasteiger charge is -2.25. The molecule has 2 aliphatic rings. The molecule has 2 aliphatic heterocycles. The number of carbonyl (C=O) groups is 1. The van der Waals surface area contributed by atoms with Crippen molar-refractivity contribution in [2.75, 3.05) is 33.3 Å². The predicted molar refractivity (Wildman–Crippen MR) is 89.3 cm³/mol. The van der Waals surface area contributed by atoms with E-state index in [1.807, 2.05) is 19.1 Å². The summed E-state index contributed by atoms with van der Waals surface area (Å²) in [7, 11) is 1.68. The van der Waals surface area contributed by atoms with Crippen molar-refractivity contribution in [3.05, 3.63) is 29.8 Å². The van der Waals surface area contributed by atoms with Crippen LogP contribution in [-0.2, 0) is 4.79 Å². The molecule has 2 saturated heterocycles. The summed E-state index contributed by atoms with van der Waals surface area (Å²) in [6.07, 6.45) is 2.66. The van der Waals surface area contributed by atoms with Crippen molar-refractivity contribution in [2.24, 2.45) is 0 Å². The molecule has 0 aromatic heterocycles. The van der Waals surface area contributed by atoms with Gasteiger partial charge in [0.05, 0.1) is 38.5 Å². The second-order valence-corrected chi connectivity index (χ2v) is 7.57. The van der Waals surface area contributed by atoms with E-state index in [9.17, 15) is 4.79 Å². The fourth-order valence-electron chi connectivity index (χ4n) is 3.33. The maximum absolute atomic E-state index is 12.5. The third kappa shape index (κ3) is 3.25. The van der Waals surface area contributed by atoms with Crippen LogP contribution in [0, 0.1) is 0 Å². The van der Waals surface area contributed by atoms with Gasteiger partial charge in [0.2, 0.25) is 5.91 Å². The average molecular weight is 321 g/mol. The molecule has 120 valence electrons. The summed E-state index contributed by atoms with van der Waals surface area (Å²) in [6.45, 7) is 6.48. The molecule has 1 aromatic carbocycles. The van der Waals surface area contributed by atoms with Gasteiger partial charge < -0.3 is 14.5 Å². The van der Waals surface area contributed by atoms with E-state index in [1.165, 1.54) is 31.5 Å². The number of quaternary nitrogens is 1. The van der Waals surface area contributed by atoms with Gasteiger partial charge in [-0.3, -0.25) is 4.79 Å². The largest absolute Gasteiger partial charge is 0.497 e. The molecule has 2 atom stereocenters. The van der Waals surface area contributed by atoms with E-state index < -0.39 is 0 Å². The van der Waals surface area contributed by atoms with Crippen LogP contribution in [0.15, 0.2) is 24.3 Å². The summed E-state index contributed by atoms with van der Waals surface area (Å²) in [6, 6.07) is 8.12. The fourth-order valence-corrected chi connectivity index (χ4v) is 4.64. The molecule has 0 aliphatic carbocycles. The Kier molecular flexibility index (Phi) is 4.93. The second-order valence-electron chi connectivity index (χ2n) is 6.14. The first-order chi connectivity index (χ1) is 10.7. The average Bonchev–Trinajstić information content (AvgIpc) is 3.15. The first-order valence-electron chi connectivity index (χ1n) is 8.12. The number of hydrogen-bond donors (Lipinski definition) is 1. The van der Waals surface area contributed by atoms with Crippen LogP contribution in [-0.4, -0.2) is 49.3 Å². The molecule has 0 saturated carbocycles. The molecule has 1 amide bonds. The van der Waals surface area contributed by atoms with E-state index in [2.05, 4.69) is 17.0 Å². The molecule has 5 heteroatoms. The lowest BCUT2D eigenvalue weighted by atomic mass is 10.2. The number of carbonyl (C=O) groups excluding carboxylic acids is 1. The van der Waals surface area contributed by atoms with Gasteiger partial charge >= 0.3 is 0 Å². The SMILES string of the molecule is COc1ccc([C@H]2S[C@H](C)C(=O)N2CC[NH+]2CCCC2)cc1. The van der Waals surface area contributed by atoms with E-state index in [0.29, 0.717) is 0 Å². The smallest absolute Gasteiger partial charge is 0.236 e. The number of rotatable bonds is 5. The Balaban J connectivity index is 1.70. The number of amides is 1. The Hall–Kier alpha value is -1.20. The van der Waals surface area contributed by atoms with E-state index in [1.54, 1.807) is 23.8 Å². The summed E-state index contributed by atoms with van der Waals surface area (Å²) in [4.78, 5) is 16.2. The van der Waals surface area contributed by atoms with Crippen molar-refractivity contribution in [1.82, 2.24) is 4.90 Å². The van der Waals surface area contributed by atoms with Gasteiger partial charge in [-0.1, -0.05) is 12.1 Å². The normalized spacial score (nSPS) is 25.9. The maximum atomic E-state index is 12.5. The first kappa shape index (κ1) is 15.7. The van der Waals surface area contributed by atoms with Crippen molar-refractivity contribution in [1.29, 1.82) is 0 Å². The molecular formula is C17H25N2O2S+. The molecule has 4 nitrogen and oxygen atoms in total. The van der Waals surface area contributed by atoms with Crippen molar-refractivity contribution >= 4 is 17.7 Å². The van der Waals surface area contributed by atoms with Crippen molar-refractivity contribution in [3.8, 4) is 5.75 Å². The van der Waals surface area contributed by atoms with E-state index in [0.717, 1.165) is 18.8 Å². The Morgan fingerprint density at radius 2 is 1.95 bits per heavy atom. The van der Waals surface area contributed by atoms with E-state index in [4.69, 9.17) is 4.74 Å². The monoisotopic (exact) mass is 321 g/mol. The Morgan fingerprint density at radius 3 is 2.59 bits per heavy atom. The van der Waals surface area contributed by atoms with Crippen LogP contribution in [0.4, 0.5) is 0 Å². The molecule has 2 fully saturated rings. The van der Waals surface area contributed by atoms with Crippen LogP contribution < -0.4 is 9.64 Å². The number of nitrogens with zero attached hydrogens (tertiary/aromatic N) is 1. The Morgan fingerprint density at radius 1 is 1.27 bits per heavy atom. The van der Waals surface area contributed by atoms with Gasteiger partial charge in [-0.05, 0) is 24.6 Å². The first-order valence-corrected chi connectivity index (χ1v) is 9.07. The van der Waals surface area contributed by atoms with Gasteiger partial charge in [0.1, 0.15) is 11.1 Å². The number of methoxy groups -OCH3 is 1. The lowest BCUT2D eigenvalue weighted by Crippen LogP contribution is -3.10. The highest BCUT2D eigenvalue weighted by molar-refractivity contribution is 8.01. The predicted octanol–water partition coefficient (Wildman–Crippen LogP) is 1.34. The van der Waals surface area contributed by atoms with E-state index in [-0.39, 0.29) is 16.5 Å². The van der Waals surface area contributed by atoms with Crippen LogP contribution in [0.5, 0.6) is 5.75 Å². The summed E-state index contributed by atoms with van der Waals surface area (Å²) < 4.78 is 5.23. The molecule has 2 heterocycles. The summed E-state index contributed by atoms with van der Waals surface area (Å²) in [5, 5.41) is 0.205. The van der Waals surface area contributed by atoms with Crippen LogP contribution in [0.3, 0.4) is 0 Å². The number of ether oxygens (including phenoxy) is 1. The molecule has 1 N–H and O–H groups in total. The molecule has 0 bridgehead atoms. The van der Waals surface area contributed by atoms with Crippen LogP contribution in [0.25, 0.3) is 0 Å². The minimum atomic E-state index is 0.0562. The van der Waals surface area contributed by atoms with Crippen LogP contribution in [0.1, 0.15) is 30.7 Å². The molecule has 1 aromatic rings. The number of thioether (sulfide) groups is 1. The Labute approximate surface area is 136 Å². The summed E-state index contributed by atoms with van der Waals surface area (Å²) in [5.74, 6) is 1.14. The van der Waals surface area contributed by atoms with Crippen molar-refractivity contribution in [3.63, 3.8) is 0 Å². The maximum Gasteiger partial charge on any atom is 0.236 e. The molecule has 0 radical (unpaired) electrons. The van der Waals surface area contributed by atoms with Gasteiger partial charge in [0.25, 0.3) is 0 Å². The Bertz CT molecular complexity index is 514. The van der Waals surface area contributed by atoms with Crippen molar-refractivity contribution in [2.45, 2.75) is 30.4 Å². The van der Waals surface area contributed by atoms with Gasteiger partial charge in [0.15, 0.2) is 0 Å².